The van der Waals surface area contributed by atoms with Crippen molar-refractivity contribution >= 4 is 22.8 Å². The molecule has 1 amide bonds. The zero-order chi connectivity index (χ0) is 17.4. The van der Waals surface area contributed by atoms with E-state index in [1.54, 1.807) is 13.2 Å². The summed E-state index contributed by atoms with van der Waals surface area (Å²) in [6.07, 6.45) is 3.45. The fourth-order valence-electron chi connectivity index (χ4n) is 2.67. The first kappa shape index (κ1) is 18.0. The average molecular weight is 327 g/mol. The van der Waals surface area contributed by atoms with Gasteiger partial charge in [-0.1, -0.05) is 18.2 Å². The van der Waals surface area contributed by atoms with Gasteiger partial charge >= 0.3 is 0 Å². The van der Waals surface area contributed by atoms with E-state index in [-0.39, 0.29) is 5.91 Å². The molecule has 0 heterocycles. The predicted octanol–water partition coefficient (Wildman–Crippen LogP) is 1.90. The molecule has 0 aliphatic rings. The Hall–Kier alpha value is -2.33. The molecule has 0 spiro atoms. The first-order valence-corrected chi connectivity index (χ1v) is 8.53. The molecule has 0 aromatic heterocycles. The van der Waals surface area contributed by atoms with Crippen LogP contribution in [0.2, 0.25) is 0 Å². The second kappa shape index (κ2) is 9.08. The third-order valence-corrected chi connectivity index (χ3v) is 4.28. The summed E-state index contributed by atoms with van der Waals surface area (Å²) < 4.78 is 5.23. The van der Waals surface area contributed by atoms with Crippen molar-refractivity contribution in [3.05, 3.63) is 48.0 Å². The number of carbonyl (C=O) groups is 1. The van der Waals surface area contributed by atoms with Crippen LogP contribution in [0.1, 0.15) is 19.4 Å². The summed E-state index contributed by atoms with van der Waals surface area (Å²) in [7, 11) is 1.67. The van der Waals surface area contributed by atoms with E-state index in [2.05, 4.69) is 25.2 Å². The van der Waals surface area contributed by atoms with Crippen molar-refractivity contribution in [3.63, 3.8) is 0 Å². The Labute approximate surface area is 144 Å². The van der Waals surface area contributed by atoms with Gasteiger partial charge in [-0.3, -0.25) is 4.79 Å². The van der Waals surface area contributed by atoms with Gasteiger partial charge in [0.1, 0.15) is 5.75 Å². The Balaban J connectivity index is 1.93. The standard InChI is InChI=1S/C20H26N2O2/c1-4-22(5-2)13-12-21-20(23)11-7-16-6-8-18-15-19(24-3)10-9-17(18)14-16/h6-11,14-15H,4-5,12-13H2,1-3H3,(H,21,23)/p+1/b11-7+. The summed E-state index contributed by atoms with van der Waals surface area (Å²) in [6.45, 7) is 8.17. The van der Waals surface area contributed by atoms with Gasteiger partial charge in [0.2, 0.25) is 5.91 Å². The Morgan fingerprint density at radius 2 is 1.83 bits per heavy atom. The number of amides is 1. The third kappa shape index (κ3) is 5.10. The van der Waals surface area contributed by atoms with Gasteiger partial charge in [-0.15, -0.1) is 0 Å². The van der Waals surface area contributed by atoms with E-state index < -0.39 is 0 Å². The van der Waals surface area contributed by atoms with Gasteiger partial charge in [0.05, 0.1) is 33.3 Å². The average Bonchev–Trinajstić information content (AvgIpc) is 2.63. The summed E-state index contributed by atoms with van der Waals surface area (Å²) >= 11 is 0. The first-order chi connectivity index (χ1) is 11.7. The van der Waals surface area contributed by atoms with Crippen LogP contribution in [0.4, 0.5) is 0 Å². The minimum Gasteiger partial charge on any atom is -0.497 e. The van der Waals surface area contributed by atoms with Crippen LogP contribution in [0.25, 0.3) is 16.8 Å². The normalized spacial score (nSPS) is 11.3. The molecule has 2 aromatic rings. The van der Waals surface area contributed by atoms with Gasteiger partial charge < -0.3 is 15.0 Å². The second-order valence-electron chi connectivity index (χ2n) is 5.80. The van der Waals surface area contributed by atoms with Crippen LogP contribution in [0.15, 0.2) is 42.5 Å². The number of fused-ring (bicyclic) bond motifs is 1. The molecule has 24 heavy (non-hydrogen) atoms. The number of benzene rings is 2. The molecular weight excluding hydrogens is 300 g/mol. The zero-order valence-electron chi connectivity index (χ0n) is 14.8. The monoisotopic (exact) mass is 327 g/mol. The van der Waals surface area contributed by atoms with E-state index in [0.29, 0.717) is 6.54 Å². The minimum absolute atomic E-state index is 0.0450. The Morgan fingerprint density at radius 1 is 1.12 bits per heavy atom. The first-order valence-electron chi connectivity index (χ1n) is 8.53. The van der Waals surface area contributed by atoms with Crippen molar-refractivity contribution in [1.82, 2.24) is 5.32 Å². The van der Waals surface area contributed by atoms with Crippen LogP contribution < -0.4 is 15.0 Å². The van der Waals surface area contributed by atoms with Crippen molar-refractivity contribution in [2.24, 2.45) is 0 Å². The number of hydrogen-bond acceptors (Lipinski definition) is 2. The molecule has 0 radical (unpaired) electrons. The number of methoxy groups -OCH3 is 1. The van der Waals surface area contributed by atoms with Crippen LogP contribution in [0, 0.1) is 0 Å². The Kier molecular flexibility index (Phi) is 6.82. The van der Waals surface area contributed by atoms with Gasteiger partial charge in [-0.2, -0.15) is 0 Å². The molecular formula is C20H27N2O2+. The van der Waals surface area contributed by atoms with Gasteiger partial charge in [0.15, 0.2) is 0 Å². The number of carbonyl (C=O) groups excluding carboxylic acids is 1. The number of nitrogens with one attached hydrogen (secondary N) is 2. The number of rotatable bonds is 8. The largest absolute Gasteiger partial charge is 0.497 e. The lowest BCUT2D eigenvalue weighted by molar-refractivity contribution is -0.895. The van der Waals surface area contributed by atoms with Crippen molar-refractivity contribution in [2.75, 3.05) is 33.3 Å². The smallest absolute Gasteiger partial charge is 0.244 e. The second-order valence-corrected chi connectivity index (χ2v) is 5.80. The molecule has 4 nitrogen and oxygen atoms in total. The maximum Gasteiger partial charge on any atom is 0.244 e. The third-order valence-electron chi connectivity index (χ3n) is 4.28. The molecule has 128 valence electrons. The number of likely N-dealkylation sites (N-methyl/N-ethyl adjacent to an activating group) is 1. The molecule has 0 unspecified atom stereocenters. The SMILES string of the molecule is CC[NH+](CC)CCNC(=O)/C=C/c1ccc2cc(OC)ccc2c1. The van der Waals surface area contributed by atoms with Gasteiger partial charge in [0, 0.05) is 6.08 Å². The molecule has 2 aromatic carbocycles. The van der Waals surface area contributed by atoms with Crippen LogP contribution in [0.3, 0.4) is 0 Å². The molecule has 0 aliphatic heterocycles. The van der Waals surface area contributed by atoms with Gasteiger partial charge in [0.25, 0.3) is 0 Å². The van der Waals surface area contributed by atoms with Crippen LogP contribution in [-0.2, 0) is 4.79 Å². The topological polar surface area (TPSA) is 42.8 Å². The minimum atomic E-state index is -0.0450. The van der Waals surface area contributed by atoms with E-state index in [1.807, 2.05) is 36.4 Å². The van der Waals surface area contributed by atoms with Crippen LogP contribution >= 0.6 is 0 Å². The fourth-order valence-corrected chi connectivity index (χ4v) is 2.67. The lowest BCUT2D eigenvalue weighted by atomic mass is 10.1. The van der Waals surface area contributed by atoms with Crippen molar-refractivity contribution in [3.8, 4) is 5.75 Å². The van der Waals surface area contributed by atoms with Crippen LogP contribution in [-0.4, -0.2) is 39.2 Å². The molecule has 0 saturated carbocycles. The molecule has 2 N–H and O–H groups in total. The molecule has 4 heteroatoms. The van der Waals surface area contributed by atoms with Gasteiger partial charge in [-0.25, -0.2) is 0 Å². The molecule has 0 aliphatic carbocycles. The number of quaternary nitrogens is 1. The highest BCUT2D eigenvalue weighted by Gasteiger charge is 2.03. The molecule has 0 bridgehead atoms. The number of hydrogen-bond donors (Lipinski definition) is 2. The Morgan fingerprint density at radius 3 is 2.54 bits per heavy atom. The quantitative estimate of drug-likeness (QED) is 0.727. The summed E-state index contributed by atoms with van der Waals surface area (Å²) in [5.74, 6) is 0.803. The predicted molar refractivity (Wildman–Crippen MR) is 99.5 cm³/mol. The van der Waals surface area contributed by atoms with Crippen molar-refractivity contribution < 1.29 is 14.4 Å². The zero-order valence-corrected chi connectivity index (χ0v) is 14.8. The molecule has 0 fully saturated rings. The highest BCUT2D eigenvalue weighted by Crippen LogP contribution is 2.22. The van der Waals surface area contributed by atoms with Crippen LogP contribution in [0.5, 0.6) is 5.75 Å². The van der Waals surface area contributed by atoms with E-state index in [1.165, 1.54) is 4.90 Å². The van der Waals surface area contributed by atoms with Crippen molar-refractivity contribution in [2.45, 2.75) is 13.8 Å². The molecule has 2 rings (SSSR count). The fraction of sp³-hybridized carbons (Fsp3) is 0.350. The summed E-state index contributed by atoms with van der Waals surface area (Å²) in [6, 6.07) is 12.1. The highest BCUT2D eigenvalue weighted by atomic mass is 16.5. The number of ether oxygens (including phenoxy) is 1. The molecule has 0 atom stereocenters. The van der Waals surface area contributed by atoms with E-state index in [9.17, 15) is 4.79 Å². The maximum atomic E-state index is 11.9. The van der Waals surface area contributed by atoms with Gasteiger partial charge in [-0.05, 0) is 54.5 Å². The summed E-state index contributed by atoms with van der Waals surface area (Å²) in [5, 5.41) is 5.19. The lowest BCUT2D eigenvalue weighted by Crippen LogP contribution is -3.12. The van der Waals surface area contributed by atoms with E-state index in [4.69, 9.17) is 4.74 Å². The summed E-state index contributed by atoms with van der Waals surface area (Å²) in [4.78, 5) is 13.4. The lowest BCUT2D eigenvalue weighted by Gasteiger charge is -2.14. The summed E-state index contributed by atoms with van der Waals surface area (Å²) in [5.41, 5.74) is 1.01. The highest BCUT2D eigenvalue weighted by molar-refractivity contribution is 5.93. The van der Waals surface area contributed by atoms with E-state index >= 15 is 0 Å². The Bertz CT molecular complexity index is 706. The van der Waals surface area contributed by atoms with E-state index in [0.717, 1.165) is 41.7 Å². The van der Waals surface area contributed by atoms with Crippen molar-refractivity contribution in [1.29, 1.82) is 0 Å². The maximum absolute atomic E-state index is 11.9. The molecule has 0 saturated heterocycles.